The molecule has 26 heavy (non-hydrogen) atoms. The molecule has 0 saturated carbocycles. The van der Waals surface area contributed by atoms with Crippen LogP contribution in [-0.2, 0) is 6.54 Å². The lowest BCUT2D eigenvalue weighted by Crippen LogP contribution is -2.42. The summed E-state index contributed by atoms with van der Waals surface area (Å²) in [4.78, 5) is 6.71. The summed E-state index contributed by atoms with van der Waals surface area (Å²) in [5.74, 6) is 1.48. The molecule has 0 bridgehead atoms. The Labute approximate surface area is 154 Å². The lowest BCUT2D eigenvalue weighted by atomic mass is 10.1. The molecule has 0 radical (unpaired) electrons. The molecule has 1 aliphatic rings. The van der Waals surface area contributed by atoms with Crippen molar-refractivity contribution >= 4 is 5.96 Å². The summed E-state index contributed by atoms with van der Waals surface area (Å²) >= 11 is 0. The van der Waals surface area contributed by atoms with Crippen LogP contribution in [0.1, 0.15) is 35.8 Å². The number of rotatable bonds is 6. The number of hydrogen-bond acceptors (Lipinski definition) is 3. The molecule has 2 N–H and O–H groups in total. The molecule has 1 aromatic heterocycles. The second-order valence-electron chi connectivity index (χ2n) is 6.66. The van der Waals surface area contributed by atoms with Crippen LogP contribution in [0.4, 0.5) is 4.39 Å². The molecule has 1 aromatic carbocycles. The molecule has 1 aliphatic heterocycles. The Morgan fingerprint density at radius 3 is 2.73 bits per heavy atom. The van der Waals surface area contributed by atoms with Crippen molar-refractivity contribution in [2.45, 2.75) is 32.4 Å². The van der Waals surface area contributed by atoms with E-state index >= 15 is 0 Å². The van der Waals surface area contributed by atoms with Crippen LogP contribution in [0.3, 0.4) is 0 Å². The number of guanidine groups is 1. The number of nitrogens with one attached hydrogen (secondary N) is 2. The number of benzene rings is 1. The zero-order chi connectivity index (χ0) is 18.4. The largest absolute Gasteiger partial charge is 0.468 e. The fourth-order valence-electron chi connectivity index (χ4n) is 3.29. The van der Waals surface area contributed by atoms with Gasteiger partial charge in [0.05, 0.1) is 12.3 Å². The summed E-state index contributed by atoms with van der Waals surface area (Å²) in [5.41, 5.74) is 1.54. The van der Waals surface area contributed by atoms with E-state index in [1.54, 1.807) is 32.4 Å². The SMILES string of the molecule is CN=C(NCc1ccc(C)c(F)c1)NCC(c1ccco1)N1CCCC1. The lowest BCUT2D eigenvalue weighted by Gasteiger charge is -2.26. The van der Waals surface area contributed by atoms with E-state index < -0.39 is 0 Å². The number of aryl methyl sites for hydroxylation is 1. The lowest BCUT2D eigenvalue weighted by molar-refractivity contribution is 0.215. The highest BCUT2D eigenvalue weighted by atomic mass is 19.1. The Bertz CT molecular complexity index is 723. The van der Waals surface area contributed by atoms with Crippen molar-refractivity contribution in [3.8, 4) is 0 Å². The quantitative estimate of drug-likeness (QED) is 0.615. The summed E-state index contributed by atoms with van der Waals surface area (Å²) in [6.07, 6.45) is 4.17. The number of likely N-dealkylation sites (tertiary alicyclic amines) is 1. The molecule has 2 aromatic rings. The molecule has 1 saturated heterocycles. The van der Waals surface area contributed by atoms with Gasteiger partial charge in [-0.25, -0.2) is 4.39 Å². The van der Waals surface area contributed by atoms with Crippen LogP contribution >= 0.6 is 0 Å². The number of nitrogens with zero attached hydrogens (tertiary/aromatic N) is 2. The summed E-state index contributed by atoms with van der Waals surface area (Å²) in [7, 11) is 1.74. The van der Waals surface area contributed by atoms with Crippen LogP contribution in [0.2, 0.25) is 0 Å². The minimum Gasteiger partial charge on any atom is -0.468 e. The molecular weight excluding hydrogens is 331 g/mol. The van der Waals surface area contributed by atoms with Crippen LogP contribution in [0.25, 0.3) is 0 Å². The maximum Gasteiger partial charge on any atom is 0.191 e. The molecule has 1 fully saturated rings. The fourth-order valence-corrected chi connectivity index (χ4v) is 3.29. The van der Waals surface area contributed by atoms with Gasteiger partial charge in [-0.15, -0.1) is 0 Å². The summed E-state index contributed by atoms with van der Waals surface area (Å²) < 4.78 is 19.3. The zero-order valence-electron chi connectivity index (χ0n) is 15.5. The van der Waals surface area contributed by atoms with Crippen LogP contribution in [0, 0.1) is 12.7 Å². The summed E-state index contributed by atoms with van der Waals surface area (Å²) in [6.45, 7) is 5.16. The topological polar surface area (TPSA) is 52.8 Å². The second-order valence-corrected chi connectivity index (χ2v) is 6.66. The van der Waals surface area contributed by atoms with Crippen LogP contribution in [-0.4, -0.2) is 37.5 Å². The first-order chi connectivity index (χ1) is 12.7. The molecule has 2 heterocycles. The molecular formula is C20H27FN4O. The van der Waals surface area contributed by atoms with Crippen molar-refractivity contribution in [1.82, 2.24) is 15.5 Å². The smallest absolute Gasteiger partial charge is 0.191 e. The Kier molecular flexibility index (Phi) is 6.28. The first kappa shape index (κ1) is 18.5. The standard InChI is InChI=1S/C20H27FN4O/c1-15-7-8-16(12-17(15)21)13-23-20(22-2)24-14-18(19-6-5-11-26-19)25-9-3-4-10-25/h5-8,11-12,18H,3-4,9-10,13-14H2,1-2H3,(H2,22,23,24). The molecule has 6 heteroatoms. The van der Waals surface area contributed by atoms with E-state index in [-0.39, 0.29) is 11.9 Å². The maximum atomic E-state index is 13.7. The van der Waals surface area contributed by atoms with Gasteiger partial charge >= 0.3 is 0 Å². The Morgan fingerprint density at radius 2 is 2.08 bits per heavy atom. The molecule has 3 rings (SSSR count). The van der Waals surface area contributed by atoms with E-state index in [1.165, 1.54) is 12.8 Å². The maximum absolute atomic E-state index is 13.7. The first-order valence-corrected chi connectivity index (χ1v) is 9.14. The third-order valence-corrected chi connectivity index (χ3v) is 4.84. The average molecular weight is 358 g/mol. The highest BCUT2D eigenvalue weighted by Crippen LogP contribution is 2.24. The van der Waals surface area contributed by atoms with Crippen LogP contribution in [0.5, 0.6) is 0 Å². The van der Waals surface area contributed by atoms with Crippen molar-refractivity contribution < 1.29 is 8.81 Å². The van der Waals surface area contributed by atoms with Gasteiger partial charge < -0.3 is 15.1 Å². The first-order valence-electron chi connectivity index (χ1n) is 9.14. The number of furan rings is 1. The average Bonchev–Trinajstić information content (AvgIpc) is 3.35. The second kappa shape index (κ2) is 8.85. The van der Waals surface area contributed by atoms with Gasteiger partial charge in [0, 0.05) is 20.1 Å². The van der Waals surface area contributed by atoms with E-state index in [0.717, 1.165) is 24.4 Å². The Morgan fingerprint density at radius 1 is 1.27 bits per heavy atom. The number of halogens is 1. The monoisotopic (exact) mass is 358 g/mol. The van der Waals surface area contributed by atoms with Gasteiger partial charge in [-0.1, -0.05) is 12.1 Å². The fraction of sp³-hybridized carbons (Fsp3) is 0.450. The summed E-state index contributed by atoms with van der Waals surface area (Å²) in [6, 6.07) is 9.42. The predicted molar refractivity (Wildman–Crippen MR) is 102 cm³/mol. The van der Waals surface area contributed by atoms with Gasteiger partial charge in [0.1, 0.15) is 11.6 Å². The van der Waals surface area contributed by atoms with Gasteiger partial charge in [0.25, 0.3) is 0 Å². The van der Waals surface area contributed by atoms with Gasteiger partial charge in [-0.3, -0.25) is 9.89 Å². The van der Waals surface area contributed by atoms with Gasteiger partial charge in [0.15, 0.2) is 5.96 Å². The minimum atomic E-state index is -0.181. The molecule has 140 valence electrons. The van der Waals surface area contributed by atoms with Crippen LogP contribution < -0.4 is 10.6 Å². The molecule has 5 nitrogen and oxygen atoms in total. The van der Waals surface area contributed by atoms with Crippen molar-refractivity contribution in [3.05, 3.63) is 59.3 Å². The van der Waals surface area contributed by atoms with Crippen molar-refractivity contribution in [2.75, 3.05) is 26.7 Å². The normalized spacial score (nSPS) is 16.7. The van der Waals surface area contributed by atoms with E-state index in [9.17, 15) is 4.39 Å². The van der Waals surface area contributed by atoms with Gasteiger partial charge in [0.2, 0.25) is 0 Å². The minimum absolute atomic E-state index is 0.181. The van der Waals surface area contributed by atoms with Crippen molar-refractivity contribution in [3.63, 3.8) is 0 Å². The van der Waals surface area contributed by atoms with Crippen LogP contribution in [0.15, 0.2) is 46.0 Å². The summed E-state index contributed by atoms with van der Waals surface area (Å²) in [5, 5.41) is 6.62. The van der Waals surface area contributed by atoms with E-state index in [0.29, 0.717) is 24.6 Å². The number of aliphatic imine (C=N–C) groups is 1. The van der Waals surface area contributed by atoms with E-state index in [2.05, 4.69) is 20.5 Å². The molecule has 1 unspecified atom stereocenters. The third-order valence-electron chi connectivity index (χ3n) is 4.84. The molecule has 0 aliphatic carbocycles. The number of hydrogen-bond donors (Lipinski definition) is 2. The Hall–Kier alpha value is -2.34. The highest BCUT2D eigenvalue weighted by Gasteiger charge is 2.25. The Balaban J connectivity index is 1.57. The van der Waals surface area contributed by atoms with E-state index in [1.807, 2.05) is 18.2 Å². The predicted octanol–water partition coefficient (Wildman–Crippen LogP) is 3.23. The molecule has 1 atom stereocenters. The van der Waals surface area contributed by atoms with E-state index in [4.69, 9.17) is 4.42 Å². The zero-order valence-corrected chi connectivity index (χ0v) is 15.5. The van der Waals surface area contributed by atoms with Crippen molar-refractivity contribution in [2.24, 2.45) is 4.99 Å². The van der Waals surface area contributed by atoms with Gasteiger partial charge in [-0.2, -0.15) is 0 Å². The molecule has 0 spiro atoms. The highest BCUT2D eigenvalue weighted by molar-refractivity contribution is 5.79. The van der Waals surface area contributed by atoms with Crippen molar-refractivity contribution in [1.29, 1.82) is 0 Å². The third kappa shape index (κ3) is 4.64. The van der Waals surface area contributed by atoms with Gasteiger partial charge in [-0.05, 0) is 62.2 Å². The molecule has 0 amide bonds.